The number of pyridine rings is 1. The van der Waals surface area contributed by atoms with Crippen molar-refractivity contribution in [1.82, 2.24) is 10.4 Å². The van der Waals surface area contributed by atoms with Crippen molar-refractivity contribution in [2.45, 2.75) is 6.92 Å². The number of fused-ring (bicyclic) bond motifs is 2. The molecule has 4 aromatic carbocycles. The summed E-state index contributed by atoms with van der Waals surface area (Å²) in [5.74, 6) is -0.377. The predicted molar refractivity (Wildman–Crippen MR) is 148 cm³/mol. The number of carbonyl (C=O) groups excluding carboxylic acids is 2. The number of nitrogens with one attached hydrogen (secondary N) is 1. The lowest BCUT2D eigenvalue weighted by atomic mass is 10.0. The summed E-state index contributed by atoms with van der Waals surface area (Å²) in [6.45, 7) is 1.78. The largest absolute Gasteiger partial charge is 0.481 e. The first kappa shape index (κ1) is 24.6. The Kier molecular flexibility index (Phi) is 7.36. The van der Waals surface area contributed by atoms with Gasteiger partial charge in [-0.25, -0.2) is 15.2 Å². The maximum atomic E-state index is 13.3. The van der Waals surface area contributed by atoms with Crippen molar-refractivity contribution in [2.75, 3.05) is 13.2 Å². The van der Waals surface area contributed by atoms with E-state index in [0.717, 1.165) is 21.7 Å². The molecule has 1 N–H and O–H groups in total. The topological polar surface area (TPSA) is 89.9 Å². The first-order chi connectivity index (χ1) is 18.6. The van der Waals surface area contributed by atoms with Gasteiger partial charge in [0, 0.05) is 16.5 Å². The molecule has 0 aliphatic heterocycles. The van der Waals surface area contributed by atoms with Gasteiger partial charge in [-0.2, -0.15) is 5.10 Å². The number of hydrogen-bond acceptors (Lipinski definition) is 6. The van der Waals surface area contributed by atoms with Crippen molar-refractivity contribution < 1.29 is 19.1 Å². The van der Waals surface area contributed by atoms with Crippen molar-refractivity contribution in [1.29, 1.82) is 0 Å². The summed E-state index contributed by atoms with van der Waals surface area (Å²) < 4.78 is 10.7. The first-order valence-corrected chi connectivity index (χ1v) is 12.2. The number of para-hydroxylation sites is 1. The van der Waals surface area contributed by atoms with Crippen molar-refractivity contribution in [3.8, 4) is 17.0 Å². The summed E-state index contributed by atoms with van der Waals surface area (Å²) in [4.78, 5) is 29.9. The van der Waals surface area contributed by atoms with Crippen LogP contribution >= 0.6 is 0 Å². The normalized spacial score (nSPS) is 11.1. The molecule has 0 saturated carbocycles. The Morgan fingerprint density at radius 1 is 0.895 bits per heavy atom. The number of aromatic nitrogens is 1. The van der Waals surface area contributed by atoms with E-state index in [1.807, 2.05) is 84.9 Å². The number of carbonyl (C=O) groups is 2. The second-order valence-corrected chi connectivity index (χ2v) is 8.43. The maximum Gasteiger partial charge on any atom is 0.344 e. The van der Waals surface area contributed by atoms with Crippen LogP contribution < -0.4 is 10.2 Å². The number of nitrogens with zero attached hydrogens (tertiary/aromatic N) is 2. The summed E-state index contributed by atoms with van der Waals surface area (Å²) in [7, 11) is 0. The molecule has 1 amide bonds. The average Bonchev–Trinajstić information content (AvgIpc) is 2.96. The van der Waals surface area contributed by atoms with Gasteiger partial charge in [0.25, 0.3) is 5.91 Å². The van der Waals surface area contributed by atoms with Crippen molar-refractivity contribution >= 4 is 39.8 Å². The van der Waals surface area contributed by atoms with E-state index in [1.54, 1.807) is 19.1 Å². The molecular weight excluding hydrogens is 478 g/mol. The van der Waals surface area contributed by atoms with E-state index in [-0.39, 0.29) is 19.1 Å². The van der Waals surface area contributed by atoms with Crippen molar-refractivity contribution in [2.24, 2.45) is 5.10 Å². The molecule has 7 heteroatoms. The fourth-order valence-corrected chi connectivity index (χ4v) is 4.21. The molecule has 0 bridgehead atoms. The molecule has 5 rings (SSSR count). The Bertz CT molecular complexity index is 1650. The highest BCUT2D eigenvalue weighted by molar-refractivity contribution is 6.08. The highest BCUT2D eigenvalue weighted by Crippen LogP contribution is 2.27. The monoisotopic (exact) mass is 503 g/mol. The van der Waals surface area contributed by atoms with Gasteiger partial charge in [0.1, 0.15) is 5.75 Å². The van der Waals surface area contributed by atoms with Crippen LogP contribution in [-0.4, -0.2) is 36.3 Å². The van der Waals surface area contributed by atoms with Crippen molar-refractivity contribution in [3.05, 3.63) is 108 Å². The Morgan fingerprint density at radius 3 is 2.45 bits per heavy atom. The molecule has 0 unspecified atom stereocenters. The molecule has 0 saturated heterocycles. The van der Waals surface area contributed by atoms with Gasteiger partial charge in [-0.15, -0.1) is 0 Å². The molecular formula is C31H25N3O4. The molecule has 5 aromatic rings. The van der Waals surface area contributed by atoms with E-state index in [4.69, 9.17) is 14.5 Å². The third-order valence-corrected chi connectivity index (χ3v) is 5.97. The molecule has 188 valence electrons. The Hall–Kier alpha value is -5.04. The maximum absolute atomic E-state index is 13.3. The Labute approximate surface area is 219 Å². The van der Waals surface area contributed by atoms with E-state index < -0.39 is 5.97 Å². The summed E-state index contributed by atoms with van der Waals surface area (Å²) in [6, 6.07) is 30.4. The van der Waals surface area contributed by atoms with Gasteiger partial charge >= 0.3 is 5.97 Å². The smallest absolute Gasteiger partial charge is 0.344 e. The van der Waals surface area contributed by atoms with Crippen LogP contribution in [0.3, 0.4) is 0 Å². The molecule has 0 spiro atoms. The van der Waals surface area contributed by atoms with E-state index in [0.29, 0.717) is 28.1 Å². The quantitative estimate of drug-likeness (QED) is 0.165. The van der Waals surface area contributed by atoms with Crippen LogP contribution in [0.15, 0.2) is 102 Å². The van der Waals surface area contributed by atoms with E-state index in [9.17, 15) is 9.59 Å². The molecule has 0 fully saturated rings. The zero-order valence-corrected chi connectivity index (χ0v) is 20.8. The number of ether oxygens (including phenoxy) is 2. The third-order valence-electron chi connectivity index (χ3n) is 5.97. The predicted octanol–water partition coefficient (Wildman–Crippen LogP) is 5.76. The number of rotatable bonds is 8. The highest BCUT2D eigenvalue weighted by Gasteiger charge is 2.14. The number of benzene rings is 4. The van der Waals surface area contributed by atoms with E-state index in [1.165, 1.54) is 6.21 Å². The van der Waals surface area contributed by atoms with Crippen LogP contribution in [-0.2, 0) is 9.53 Å². The van der Waals surface area contributed by atoms with Crippen LogP contribution in [0.5, 0.6) is 5.75 Å². The third kappa shape index (κ3) is 5.37. The van der Waals surface area contributed by atoms with Gasteiger partial charge in [0.15, 0.2) is 6.61 Å². The Balaban J connectivity index is 1.46. The average molecular weight is 504 g/mol. The number of amides is 1. The summed E-state index contributed by atoms with van der Waals surface area (Å²) >= 11 is 0. The van der Waals surface area contributed by atoms with Gasteiger partial charge in [0.2, 0.25) is 0 Å². The lowest BCUT2D eigenvalue weighted by Gasteiger charge is -2.11. The fraction of sp³-hybridized carbons (Fsp3) is 0.0968. The van der Waals surface area contributed by atoms with Gasteiger partial charge < -0.3 is 9.47 Å². The highest BCUT2D eigenvalue weighted by atomic mass is 16.6. The molecule has 0 aliphatic rings. The van der Waals surface area contributed by atoms with Gasteiger partial charge in [-0.3, -0.25) is 4.79 Å². The molecule has 0 atom stereocenters. The van der Waals surface area contributed by atoms with Gasteiger partial charge in [-0.05, 0) is 35.9 Å². The van der Waals surface area contributed by atoms with Crippen LogP contribution in [0.1, 0.15) is 22.8 Å². The minimum Gasteiger partial charge on any atom is -0.481 e. The standard InChI is InChI=1S/C31H25N3O4/c1-2-37-30(35)20-38-29-17-16-21-10-6-7-13-23(21)26(29)19-32-34-31(36)25-18-28(22-11-4-3-5-12-22)33-27-15-9-8-14-24(25)27/h3-19H,2,20H2,1H3,(H,34,36)/b32-19+. The second-order valence-electron chi connectivity index (χ2n) is 8.43. The second kappa shape index (κ2) is 11.3. The summed E-state index contributed by atoms with van der Waals surface area (Å²) in [5, 5.41) is 6.82. The van der Waals surface area contributed by atoms with E-state index >= 15 is 0 Å². The first-order valence-electron chi connectivity index (χ1n) is 12.2. The van der Waals surface area contributed by atoms with Crippen LogP contribution in [0, 0.1) is 0 Å². The van der Waals surface area contributed by atoms with Crippen LogP contribution in [0.25, 0.3) is 32.9 Å². The molecule has 1 heterocycles. The zero-order valence-electron chi connectivity index (χ0n) is 20.8. The summed E-state index contributed by atoms with van der Waals surface area (Å²) in [5.41, 5.74) is 6.07. The lowest BCUT2D eigenvalue weighted by Crippen LogP contribution is -2.19. The number of hydrogen-bond donors (Lipinski definition) is 1. The lowest BCUT2D eigenvalue weighted by molar-refractivity contribution is -0.145. The van der Waals surface area contributed by atoms with E-state index in [2.05, 4.69) is 10.5 Å². The molecule has 7 nitrogen and oxygen atoms in total. The minimum atomic E-state index is -0.462. The molecule has 0 aliphatic carbocycles. The fourth-order valence-electron chi connectivity index (χ4n) is 4.21. The molecule has 38 heavy (non-hydrogen) atoms. The number of esters is 1. The SMILES string of the molecule is CCOC(=O)COc1ccc2ccccc2c1/C=N/NC(=O)c1cc(-c2ccccc2)nc2ccccc12. The van der Waals surface area contributed by atoms with Crippen molar-refractivity contribution in [3.63, 3.8) is 0 Å². The van der Waals surface area contributed by atoms with Crippen LogP contribution in [0.2, 0.25) is 0 Å². The minimum absolute atomic E-state index is 0.232. The Morgan fingerprint density at radius 2 is 1.63 bits per heavy atom. The van der Waals surface area contributed by atoms with Gasteiger partial charge in [0.05, 0.1) is 29.6 Å². The summed E-state index contributed by atoms with van der Waals surface area (Å²) in [6.07, 6.45) is 1.53. The zero-order chi connectivity index (χ0) is 26.3. The molecule has 1 aromatic heterocycles. The van der Waals surface area contributed by atoms with Gasteiger partial charge in [-0.1, -0.05) is 78.9 Å². The van der Waals surface area contributed by atoms with Crippen LogP contribution in [0.4, 0.5) is 0 Å². The molecule has 0 radical (unpaired) electrons. The number of hydrazone groups is 1.